The first-order chi connectivity index (χ1) is 8.92. The van der Waals surface area contributed by atoms with E-state index in [-0.39, 0.29) is 24.0 Å². The van der Waals surface area contributed by atoms with Crippen LogP contribution in [0.1, 0.15) is 16.7 Å². The predicted octanol–water partition coefficient (Wildman–Crippen LogP) is 3.55. The van der Waals surface area contributed by atoms with Crippen molar-refractivity contribution in [2.75, 3.05) is 0 Å². The van der Waals surface area contributed by atoms with Gasteiger partial charge in [-0.2, -0.15) is 0 Å². The molecule has 0 aliphatic carbocycles. The van der Waals surface area contributed by atoms with Gasteiger partial charge in [-0.1, -0.05) is 54.6 Å². The lowest BCUT2D eigenvalue weighted by Crippen LogP contribution is -2.27. The molecule has 0 saturated carbocycles. The molecular weight excluding hydrogens is 347 g/mol. The van der Waals surface area contributed by atoms with Crippen molar-refractivity contribution in [3.8, 4) is 0 Å². The fourth-order valence-electron chi connectivity index (χ4n) is 2.22. The summed E-state index contributed by atoms with van der Waals surface area (Å²) in [5.41, 5.74) is 4.03. The van der Waals surface area contributed by atoms with E-state index in [0.717, 1.165) is 25.3 Å². The van der Waals surface area contributed by atoms with Gasteiger partial charge in [0.15, 0.2) is 0 Å². The Labute approximate surface area is 131 Å². The standard InChI is InChI=1S/C16H16N2.HI/c1-2-6-13(7-3-1)11-17-16-10-14-8-4-5-9-15(14)12-18-16;/h1-9H,10-12H2,(H,17,18);1H. The van der Waals surface area contributed by atoms with Crippen molar-refractivity contribution in [1.29, 1.82) is 0 Å². The molecule has 0 amide bonds. The molecule has 1 heterocycles. The van der Waals surface area contributed by atoms with Gasteiger partial charge in [-0.05, 0) is 16.7 Å². The molecule has 2 nitrogen and oxygen atoms in total. The zero-order chi connectivity index (χ0) is 12.2. The van der Waals surface area contributed by atoms with Crippen molar-refractivity contribution >= 4 is 29.8 Å². The molecule has 1 aliphatic rings. The van der Waals surface area contributed by atoms with E-state index in [1.807, 2.05) is 6.07 Å². The summed E-state index contributed by atoms with van der Waals surface area (Å²) in [6, 6.07) is 19.0. The van der Waals surface area contributed by atoms with Crippen LogP contribution in [0.4, 0.5) is 0 Å². The minimum atomic E-state index is 0. The fraction of sp³-hybridized carbons (Fsp3) is 0.188. The molecule has 0 radical (unpaired) electrons. The van der Waals surface area contributed by atoms with Crippen molar-refractivity contribution in [3.05, 3.63) is 71.3 Å². The minimum absolute atomic E-state index is 0. The number of hydrogen-bond acceptors (Lipinski definition) is 2. The Balaban J connectivity index is 0.00000133. The van der Waals surface area contributed by atoms with Crippen molar-refractivity contribution in [2.45, 2.75) is 19.5 Å². The number of hydrogen-bond donors (Lipinski definition) is 1. The number of nitrogens with one attached hydrogen (secondary N) is 1. The van der Waals surface area contributed by atoms with Gasteiger partial charge in [-0.25, -0.2) is 0 Å². The largest absolute Gasteiger partial charge is 0.369 e. The van der Waals surface area contributed by atoms with Crippen LogP contribution in [0.2, 0.25) is 0 Å². The third-order valence-corrected chi connectivity index (χ3v) is 3.26. The summed E-state index contributed by atoms with van der Waals surface area (Å²) >= 11 is 0. The van der Waals surface area contributed by atoms with E-state index in [1.54, 1.807) is 0 Å². The molecular formula is C16H17IN2. The lowest BCUT2D eigenvalue weighted by Gasteiger charge is -2.17. The smallest absolute Gasteiger partial charge is 0.101 e. The van der Waals surface area contributed by atoms with Crippen LogP contribution in [0, 0.1) is 0 Å². The summed E-state index contributed by atoms with van der Waals surface area (Å²) < 4.78 is 0. The van der Waals surface area contributed by atoms with Crippen LogP contribution in [0.3, 0.4) is 0 Å². The first-order valence-corrected chi connectivity index (χ1v) is 6.30. The molecule has 0 aromatic heterocycles. The van der Waals surface area contributed by atoms with Crippen LogP contribution in [0.25, 0.3) is 0 Å². The second-order valence-electron chi connectivity index (χ2n) is 4.55. The lowest BCUT2D eigenvalue weighted by molar-refractivity contribution is 0.854. The first-order valence-electron chi connectivity index (χ1n) is 6.30. The van der Waals surface area contributed by atoms with Crippen molar-refractivity contribution in [1.82, 2.24) is 5.32 Å². The Morgan fingerprint density at radius 1 is 0.895 bits per heavy atom. The number of fused-ring (bicyclic) bond motifs is 1. The van der Waals surface area contributed by atoms with Gasteiger partial charge >= 0.3 is 0 Å². The molecule has 3 heteroatoms. The van der Waals surface area contributed by atoms with Gasteiger partial charge in [0, 0.05) is 13.0 Å². The number of rotatable bonds is 2. The van der Waals surface area contributed by atoms with Gasteiger partial charge in [0.1, 0.15) is 5.84 Å². The molecule has 19 heavy (non-hydrogen) atoms. The third-order valence-electron chi connectivity index (χ3n) is 3.26. The van der Waals surface area contributed by atoms with Crippen molar-refractivity contribution in [2.24, 2.45) is 4.99 Å². The summed E-state index contributed by atoms with van der Waals surface area (Å²) in [6.07, 6.45) is 0.920. The molecule has 3 rings (SSSR count). The SMILES string of the molecule is I.c1ccc(CNC2=NCc3ccccc3C2)cc1. The van der Waals surface area contributed by atoms with Crippen LogP contribution >= 0.6 is 24.0 Å². The van der Waals surface area contributed by atoms with Crippen LogP contribution in [-0.2, 0) is 19.5 Å². The summed E-state index contributed by atoms with van der Waals surface area (Å²) in [5, 5.41) is 3.43. The van der Waals surface area contributed by atoms with Gasteiger partial charge in [-0.3, -0.25) is 4.99 Å². The topological polar surface area (TPSA) is 24.4 Å². The molecule has 0 atom stereocenters. The Bertz CT molecular complexity index is 564. The number of benzene rings is 2. The van der Waals surface area contributed by atoms with Gasteiger partial charge < -0.3 is 5.32 Å². The minimum Gasteiger partial charge on any atom is -0.369 e. The van der Waals surface area contributed by atoms with E-state index in [9.17, 15) is 0 Å². The van der Waals surface area contributed by atoms with E-state index in [1.165, 1.54) is 16.7 Å². The number of halogens is 1. The van der Waals surface area contributed by atoms with Crippen LogP contribution in [0.5, 0.6) is 0 Å². The molecule has 2 aromatic carbocycles. The molecule has 0 saturated heterocycles. The fourth-order valence-corrected chi connectivity index (χ4v) is 2.22. The van der Waals surface area contributed by atoms with Crippen LogP contribution in [0.15, 0.2) is 59.6 Å². The first kappa shape index (κ1) is 14.1. The molecule has 0 bridgehead atoms. The molecule has 0 fully saturated rings. The number of amidine groups is 1. The maximum Gasteiger partial charge on any atom is 0.101 e. The Kier molecular flexibility index (Phi) is 4.96. The average Bonchev–Trinajstić information content (AvgIpc) is 2.46. The number of nitrogens with zero attached hydrogens (tertiary/aromatic N) is 1. The Morgan fingerprint density at radius 3 is 2.37 bits per heavy atom. The summed E-state index contributed by atoms with van der Waals surface area (Å²) in [4.78, 5) is 4.59. The van der Waals surface area contributed by atoms with E-state index in [4.69, 9.17) is 0 Å². The molecule has 2 aromatic rings. The summed E-state index contributed by atoms with van der Waals surface area (Å²) in [7, 11) is 0. The van der Waals surface area contributed by atoms with Crippen molar-refractivity contribution < 1.29 is 0 Å². The maximum absolute atomic E-state index is 4.59. The molecule has 98 valence electrons. The lowest BCUT2D eigenvalue weighted by atomic mass is 10.0. The highest BCUT2D eigenvalue weighted by atomic mass is 127. The quantitative estimate of drug-likeness (QED) is 0.810. The second kappa shape index (κ2) is 6.70. The highest BCUT2D eigenvalue weighted by Crippen LogP contribution is 2.15. The zero-order valence-electron chi connectivity index (χ0n) is 10.7. The molecule has 0 spiro atoms. The average molecular weight is 364 g/mol. The van der Waals surface area contributed by atoms with Gasteiger partial charge in [0.25, 0.3) is 0 Å². The Hall–Kier alpha value is -1.36. The summed E-state index contributed by atoms with van der Waals surface area (Å²) in [5.74, 6) is 1.09. The van der Waals surface area contributed by atoms with E-state index < -0.39 is 0 Å². The summed E-state index contributed by atoms with van der Waals surface area (Å²) in [6.45, 7) is 1.65. The molecule has 1 N–H and O–H groups in total. The third kappa shape index (κ3) is 3.56. The molecule has 1 aliphatic heterocycles. The van der Waals surface area contributed by atoms with Crippen LogP contribution in [-0.4, -0.2) is 5.84 Å². The van der Waals surface area contributed by atoms with Gasteiger partial charge in [-0.15, -0.1) is 24.0 Å². The van der Waals surface area contributed by atoms with Crippen molar-refractivity contribution in [3.63, 3.8) is 0 Å². The van der Waals surface area contributed by atoms with E-state index >= 15 is 0 Å². The maximum atomic E-state index is 4.59. The number of aliphatic imine (C=N–C) groups is 1. The normalized spacial score (nSPS) is 12.9. The predicted molar refractivity (Wildman–Crippen MR) is 90.0 cm³/mol. The monoisotopic (exact) mass is 364 g/mol. The highest BCUT2D eigenvalue weighted by Gasteiger charge is 2.10. The van der Waals surface area contributed by atoms with E-state index in [2.05, 4.69) is 58.8 Å². The molecule has 0 unspecified atom stereocenters. The second-order valence-corrected chi connectivity index (χ2v) is 4.55. The zero-order valence-corrected chi connectivity index (χ0v) is 13.0. The van der Waals surface area contributed by atoms with Crippen LogP contribution < -0.4 is 5.32 Å². The van der Waals surface area contributed by atoms with Gasteiger partial charge in [0.05, 0.1) is 6.54 Å². The Morgan fingerprint density at radius 2 is 1.58 bits per heavy atom. The van der Waals surface area contributed by atoms with Gasteiger partial charge in [0.2, 0.25) is 0 Å². The van der Waals surface area contributed by atoms with E-state index in [0.29, 0.717) is 0 Å². The highest BCUT2D eigenvalue weighted by molar-refractivity contribution is 14.0.